The number of carbonyl (C=O) groups excluding carboxylic acids is 1. The van der Waals surface area contributed by atoms with Crippen LogP contribution in [-0.4, -0.2) is 29.4 Å². The minimum absolute atomic E-state index is 0.0461. The molecule has 0 saturated heterocycles. The number of nitrogens with two attached hydrogens (primary N) is 3. The van der Waals surface area contributed by atoms with Crippen molar-refractivity contribution in [2.75, 3.05) is 11.9 Å². The fraction of sp³-hybridized carbons (Fsp3) is 0.364. The van der Waals surface area contributed by atoms with Crippen molar-refractivity contribution in [2.45, 2.75) is 18.9 Å². The second-order valence-corrected chi connectivity index (χ2v) is 3.78. The summed E-state index contributed by atoms with van der Waals surface area (Å²) >= 11 is 0. The van der Waals surface area contributed by atoms with Gasteiger partial charge in [0.2, 0.25) is 5.91 Å². The van der Waals surface area contributed by atoms with Crippen molar-refractivity contribution in [3.63, 3.8) is 0 Å². The Balaban J connectivity index is 2.31. The Kier molecular flexibility index (Phi) is 5.59. The predicted octanol–water partition coefficient (Wildman–Crippen LogP) is -0.599. The van der Waals surface area contributed by atoms with E-state index >= 15 is 0 Å². The van der Waals surface area contributed by atoms with Gasteiger partial charge in [-0.15, -0.1) is 0 Å². The number of carbonyl (C=O) groups is 1. The van der Waals surface area contributed by atoms with Gasteiger partial charge in [0.1, 0.15) is 0 Å². The molecule has 0 aromatic carbocycles. The SMILES string of the molecule is NC(N)=NCCC[C@H](N)C(=O)Nc1ccncc1. The van der Waals surface area contributed by atoms with Crippen molar-refractivity contribution in [1.82, 2.24) is 4.98 Å². The summed E-state index contributed by atoms with van der Waals surface area (Å²) in [6.45, 7) is 0.471. The molecule has 1 rings (SSSR count). The second kappa shape index (κ2) is 7.23. The van der Waals surface area contributed by atoms with E-state index in [1.165, 1.54) is 0 Å². The van der Waals surface area contributed by atoms with Crippen molar-refractivity contribution in [3.05, 3.63) is 24.5 Å². The van der Waals surface area contributed by atoms with Crippen molar-refractivity contribution in [1.29, 1.82) is 0 Å². The molecule has 0 aliphatic rings. The maximum Gasteiger partial charge on any atom is 0.241 e. The molecule has 7 heteroatoms. The van der Waals surface area contributed by atoms with E-state index < -0.39 is 6.04 Å². The Morgan fingerprint density at radius 2 is 2.06 bits per heavy atom. The van der Waals surface area contributed by atoms with Crippen molar-refractivity contribution in [2.24, 2.45) is 22.2 Å². The van der Waals surface area contributed by atoms with E-state index in [0.29, 0.717) is 25.1 Å². The summed E-state index contributed by atoms with van der Waals surface area (Å²) in [5.41, 5.74) is 16.8. The van der Waals surface area contributed by atoms with Crippen molar-refractivity contribution >= 4 is 17.6 Å². The van der Waals surface area contributed by atoms with Crippen LogP contribution >= 0.6 is 0 Å². The predicted molar refractivity (Wildman–Crippen MR) is 70.8 cm³/mol. The number of amides is 1. The molecule has 1 aromatic heterocycles. The van der Waals surface area contributed by atoms with Gasteiger partial charge in [0, 0.05) is 24.6 Å². The van der Waals surface area contributed by atoms with E-state index in [0.717, 1.165) is 0 Å². The van der Waals surface area contributed by atoms with Gasteiger partial charge in [0.15, 0.2) is 5.96 Å². The highest BCUT2D eigenvalue weighted by Crippen LogP contribution is 2.05. The first kappa shape index (κ1) is 13.9. The molecule has 0 radical (unpaired) electrons. The molecule has 0 spiro atoms. The third-order valence-electron chi connectivity index (χ3n) is 2.25. The van der Waals surface area contributed by atoms with E-state index in [4.69, 9.17) is 17.2 Å². The van der Waals surface area contributed by atoms with Gasteiger partial charge >= 0.3 is 0 Å². The van der Waals surface area contributed by atoms with Gasteiger partial charge in [-0.05, 0) is 25.0 Å². The molecule has 0 bridgehead atoms. The van der Waals surface area contributed by atoms with E-state index in [1.807, 2.05) is 0 Å². The van der Waals surface area contributed by atoms with Crippen LogP contribution < -0.4 is 22.5 Å². The molecule has 7 N–H and O–H groups in total. The number of anilines is 1. The fourth-order valence-corrected chi connectivity index (χ4v) is 1.32. The largest absolute Gasteiger partial charge is 0.370 e. The number of nitrogens with zero attached hydrogens (tertiary/aromatic N) is 2. The lowest BCUT2D eigenvalue weighted by molar-refractivity contribution is -0.117. The number of aliphatic imine (C=N–C) groups is 1. The molecule has 0 saturated carbocycles. The Hall–Kier alpha value is -2.15. The van der Waals surface area contributed by atoms with Crippen LogP contribution in [0.1, 0.15) is 12.8 Å². The number of hydrogen-bond acceptors (Lipinski definition) is 4. The van der Waals surface area contributed by atoms with Crippen LogP contribution in [0.4, 0.5) is 5.69 Å². The van der Waals surface area contributed by atoms with E-state index in [-0.39, 0.29) is 11.9 Å². The average molecular weight is 250 g/mol. The lowest BCUT2D eigenvalue weighted by Crippen LogP contribution is -2.35. The zero-order valence-corrected chi connectivity index (χ0v) is 10.0. The van der Waals surface area contributed by atoms with Crippen LogP contribution in [0.15, 0.2) is 29.5 Å². The van der Waals surface area contributed by atoms with Gasteiger partial charge in [-0.3, -0.25) is 14.8 Å². The Bertz CT molecular complexity index is 401. The van der Waals surface area contributed by atoms with Crippen LogP contribution in [0.2, 0.25) is 0 Å². The molecule has 0 unspecified atom stereocenters. The Labute approximate surface area is 105 Å². The lowest BCUT2D eigenvalue weighted by atomic mass is 10.1. The highest BCUT2D eigenvalue weighted by atomic mass is 16.2. The topological polar surface area (TPSA) is 132 Å². The molecule has 0 fully saturated rings. The standard InChI is InChI=1S/C11H18N6O/c12-9(2-1-5-16-11(13)14)10(18)17-8-3-6-15-7-4-8/h3-4,6-7,9H,1-2,5,12H2,(H4,13,14,16)(H,15,17,18)/t9-/m0/s1. The van der Waals surface area contributed by atoms with Crippen molar-refractivity contribution in [3.8, 4) is 0 Å². The smallest absolute Gasteiger partial charge is 0.241 e. The summed E-state index contributed by atoms with van der Waals surface area (Å²) in [5, 5.41) is 2.70. The van der Waals surface area contributed by atoms with E-state index in [1.54, 1.807) is 24.5 Å². The molecule has 0 aliphatic heterocycles. The number of aromatic nitrogens is 1. The van der Waals surface area contributed by atoms with Crippen LogP contribution in [0, 0.1) is 0 Å². The monoisotopic (exact) mass is 250 g/mol. The number of hydrogen-bond donors (Lipinski definition) is 4. The Morgan fingerprint density at radius 3 is 2.67 bits per heavy atom. The highest BCUT2D eigenvalue weighted by Gasteiger charge is 2.12. The number of guanidine groups is 1. The lowest BCUT2D eigenvalue weighted by Gasteiger charge is -2.11. The third kappa shape index (κ3) is 5.26. The molecule has 98 valence electrons. The van der Waals surface area contributed by atoms with Gasteiger partial charge in [-0.25, -0.2) is 0 Å². The summed E-state index contributed by atoms with van der Waals surface area (Å²) in [4.78, 5) is 19.4. The molecule has 1 amide bonds. The van der Waals surface area contributed by atoms with E-state index in [2.05, 4.69) is 15.3 Å². The normalized spacial score (nSPS) is 11.6. The second-order valence-electron chi connectivity index (χ2n) is 3.78. The first-order valence-electron chi connectivity index (χ1n) is 5.61. The molecule has 1 heterocycles. The van der Waals surface area contributed by atoms with Crippen LogP contribution in [0.3, 0.4) is 0 Å². The Morgan fingerprint density at radius 1 is 1.39 bits per heavy atom. The summed E-state index contributed by atoms with van der Waals surface area (Å²) < 4.78 is 0. The fourth-order valence-electron chi connectivity index (χ4n) is 1.32. The molecule has 7 nitrogen and oxygen atoms in total. The van der Waals surface area contributed by atoms with Crippen molar-refractivity contribution < 1.29 is 4.79 Å². The molecule has 0 aliphatic carbocycles. The quantitative estimate of drug-likeness (QED) is 0.304. The molecule has 18 heavy (non-hydrogen) atoms. The highest BCUT2D eigenvalue weighted by molar-refractivity contribution is 5.94. The zero-order chi connectivity index (χ0) is 13.4. The molecule has 1 atom stereocenters. The number of nitrogens with one attached hydrogen (secondary N) is 1. The van der Waals surface area contributed by atoms with Gasteiger partial charge in [0.05, 0.1) is 6.04 Å². The summed E-state index contributed by atoms with van der Waals surface area (Å²) in [6.07, 6.45) is 4.37. The van der Waals surface area contributed by atoms with Gasteiger partial charge in [-0.1, -0.05) is 0 Å². The summed E-state index contributed by atoms with van der Waals surface area (Å²) in [5.74, 6) is -0.185. The number of rotatable bonds is 6. The maximum absolute atomic E-state index is 11.7. The van der Waals surface area contributed by atoms with Crippen LogP contribution in [0.5, 0.6) is 0 Å². The zero-order valence-electron chi connectivity index (χ0n) is 10.0. The molecular formula is C11H18N6O. The number of pyridine rings is 1. The average Bonchev–Trinajstić information content (AvgIpc) is 2.35. The third-order valence-corrected chi connectivity index (χ3v) is 2.25. The maximum atomic E-state index is 11.7. The minimum atomic E-state index is -0.577. The first-order valence-corrected chi connectivity index (χ1v) is 5.61. The molecule has 1 aromatic rings. The minimum Gasteiger partial charge on any atom is -0.370 e. The van der Waals surface area contributed by atoms with Gasteiger partial charge in [0.25, 0.3) is 0 Å². The van der Waals surface area contributed by atoms with Gasteiger partial charge < -0.3 is 22.5 Å². The first-order chi connectivity index (χ1) is 8.59. The summed E-state index contributed by atoms with van der Waals surface area (Å²) in [7, 11) is 0. The van der Waals surface area contributed by atoms with Gasteiger partial charge in [-0.2, -0.15) is 0 Å². The molecular weight excluding hydrogens is 232 g/mol. The van der Waals surface area contributed by atoms with Crippen LogP contribution in [-0.2, 0) is 4.79 Å². The van der Waals surface area contributed by atoms with E-state index in [9.17, 15) is 4.79 Å². The summed E-state index contributed by atoms with van der Waals surface area (Å²) in [6, 6.07) is 2.82. The van der Waals surface area contributed by atoms with Crippen LogP contribution in [0.25, 0.3) is 0 Å².